The fraction of sp³-hybridized carbons (Fsp3) is 0.474. The number of hydrogen-bond acceptors (Lipinski definition) is 19. The van der Waals surface area contributed by atoms with Crippen molar-refractivity contribution in [2.45, 2.75) is 194 Å². The molecule has 4 aromatic rings. The maximum absolute atomic E-state index is 12.5. The molecule has 0 aliphatic carbocycles. The first-order valence-electron chi connectivity index (χ1n) is 33.8. The predicted octanol–water partition coefficient (Wildman–Crippen LogP) is 12.0. The number of ether oxygens (including phenoxy) is 4. The minimum atomic E-state index is -0.865. The van der Waals surface area contributed by atoms with Gasteiger partial charge in [-0.3, -0.25) is 28.8 Å². The minimum absolute atomic E-state index is 0.00196. The lowest BCUT2D eigenvalue weighted by Gasteiger charge is -2.30. The Morgan fingerprint density at radius 1 is 0.486 bits per heavy atom. The highest BCUT2D eigenvalue weighted by atomic mass is 35.5. The number of halogens is 2. The number of alkyl halides is 2. The molecule has 27 nitrogen and oxygen atoms in total. The molecule has 0 bridgehead atoms. The van der Waals surface area contributed by atoms with E-state index in [2.05, 4.69) is 140 Å². The molecule has 0 fully saturated rings. The number of esters is 4. The van der Waals surface area contributed by atoms with E-state index >= 15 is 0 Å². The molecule has 0 saturated carbocycles. The van der Waals surface area contributed by atoms with Crippen LogP contribution in [0.1, 0.15) is 240 Å². The second-order valence-electron chi connectivity index (χ2n) is 24.5. The summed E-state index contributed by atoms with van der Waals surface area (Å²) in [6.45, 7) is 41.6. The van der Waals surface area contributed by atoms with Crippen LogP contribution in [0, 0.1) is 41.5 Å². The van der Waals surface area contributed by atoms with Gasteiger partial charge in [-0.25, -0.2) is 28.8 Å². The van der Waals surface area contributed by atoms with Crippen molar-refractivity contribution < 1.29 is 91.8 Å². The van der Waals surface area contributed by atoms with Gasteiger partial charge in [0.15, 0.2) is 5.78 Å². The molecule has 0 saturated heterocycles. The maximum atomic E-state index is 12.5. The van der Waals surface area contributed by atoms with Crippen LogP contribution in [0.2, 0.25) is 0 Å². The smallest absolute Gasteiger partial charge is 0.338 e. The molecule has 15 N–H and O–H groups in total. The number of phenols is 2. The number of nitrogens with two attached hydrogens (primary N) is 4. The molecule has 0 aromatic heterocycles. The van der Waals surface area contributed by atoms with Gasteiger partial charge in [0.05, 0.1) is 61.4 Å². The van der Waals surface area contributed by atoms with Crippen LogP contribution in [0.25, 0.3) is 0 Å². The number of allylic oxidation sites excluding steroid dienone is 2. The van der Waals surface area contributed by atoms with Gasteiger partial charge < -0.3 is 78.5 Å². The molecule has 2 aliphatic rings. The summed E-state index contributed by atoms with van der Waals surface area (Å²) in [4.78, 5) is 130. The number of Topliss-reactive ketones (excluding diaryl/α,β-unsaturated/α-hetero) is 2. The summed E-state index contributed by atoms with van der Waals surface area (Å²) in [6.07, 6.45) is 1.55. The summed E-state index contributed by atoms with van der Waals surface area (Å²) < 4.78 is 19.2. The lowest BCUT2D eigenvalue weighted by atomic mass is 9.87. The molecule has 2 aliphatic heterocycles. The van der Waals surface area contributed by atoms with Gasteiger partial charge in [-0.1, -0.05) is 79.7 Å². The molecule has 4 aromatic carbocycles. The van der Waals surface area contributed by atoms with Crippen molar-refractivity contribution in [1.29, 1.82) is 0 Å². The quantitative estimate of drug-likeness (QED) is 0.0129. The van der Waals surface area contributed by atoms with E-state index in [4.69, 9.17) is 47.4 Å². The summed E-state index contributed by atoms with van der Waals surface area (Å²) in [5.74, 6) is -1.50. The summed E-state index contributed by atoms with van der Waals surface area (Å²) >= 11 is 11.1. The zero-order valence-corrected chi connectivity index (χ0v) is 66.1. The summed E-state index contributed by atoms with van der Waals surface area (Å²) in [6, 6.07) is 11.2. The number of phenolic OH excluding ortho intramolecular Hbond substituents is 2. The van der Waals surface area contributed by atoms with E-state index < -0.39 is 54.1 Å². The number of aldehydes is 2. The van der Waals surface area contributed by atoms with E-state index in [9.17, 15) is 58.2 Å². The highest BCUT2D eigenvalue weighted by Crippen LogP contribution is 2.39. The van der Waals surface area contributed by atoms with Crippen LogP contribution >= 0.6 is 23.2 Å². The molecular formula is C76H112Cl2N8O19. The number of amides is 8. The Labute approximate surface area is 627 Å². The van der Waals surface area contributed by atoms with E-state index in [-0.39, 0.29) is 85.0 Å². The van der Waals surface area contributed by atoms with Crippen LogP contribution in [0.4, 0.5) is 19.2 Å². The van der Waals surface area contributed by atoms with Crippen molar-refractivity contribution in [2.24, 2.45) is 22.9 Å². The van der Waals surface area contributed by atoms with Gasteiger partial charge in [0.25, 0.3) is 0 Å². The van der Waals surface area contributed by atoms with Gasteiger partial charge >= 0.3 is 48.0 Å². The lowest BCUT2D eigenvalue weighted by molar-refractivity contribution is -0.146. The lowest BCUT2D eigenvalue weighted by Crippen LogP contribution is -2.46. The predicted molar refractivity (Wildman–Crippen MR) is 406 cm³/mol. The molecule has 105 heavy (non-hydrogen) atoms. The monoisotopic (exact) mass is 1510 g/mol. The van der Waals surface area contributed by atoms with Crippen molar-refractivity contribution in [3.8, 4) is 11.5 Å². The molecule has 29 heteroatoms. The fourth-order valence-corrected chi connectivity index (χ4v) is 10.3. The standard InChI is InChI=1S/C19H25ClN2O3.C17H22N2O5.2C12H16O.C6H9ClO3.C6H10O3.C2H6O.2CH4N2O/c1-6-25-18(23)16-15(9-20)21-19(24)22-17(16)14-8-13(10(2)3)11(4)7-12(14)5;1-5-24-16(22)14-9(4)18-17(23)19-15(14)11-6-10(8(2)3)12(20)7-13(11)21;2*1-8(2)12-6-11(7-13)9(3)5-10(12)4;1-2-10-6(9)3-5(8)4-7;1-3-9-6(8)4-5(2)7;1-2-3;2*2-1(3)4/h7-8,10,17H,6,9H2,1-5H3,(H2,21,22,24);6-8,15,20-21H,5H2,1-4H3,(H2,18,19,23);2*5-8H,1-4H3;2-4H2,1H3;3-4H2,1-2H3;3H,2H2,1H3;2*(H4,2,3,4). The largest absolute Gasteiger partial charge is 0.508 e. The first-order valence-corrected chi connectivity index (χ1v) is 34.9. The third kappa shape index (κ3) is 37.4. The van der Waals surface area contributed by atoms with E-state index in [0.717, 1.165) is 46.0 Å². The SMILES string of the molecule is CCO.CCOC(=O)C1=C(C)NC(=O)NC1c1cc(C(C)C)c(O)cc1O.CCOC(=O)C1=C(CCl)NC(=O)NC1c1cc(C(C)C)c(C)cc1C.CCOC(=O)CC(=O)CCl.CCOC(=O)CC(C)=O.Cc1cc(C)c(C(C)C)cc1C=O.Cc1cc(C)c(C(C)C)cc1C=O.NC(N)=O.NC(N)=O. The molecule has 6 rings (SSSR count). The molecule has 0 radical (unpaired) electrons. The van der Waals surface area contributed by atoms with Crippen LogP contribution in [-0.2, 0) is 47.7 Å². The average Bonchev–Trinajstić information content (AvgIpc) is 0.784. The van der Waals surface area contributed by atoms with Crippen molar-refractivity contribution in [1.82, 2.24) is 21.3 Å². The van der Waals surface area contributed by atoms with Crippen LogP contribution < -0.4 is 44.2 Å². The van der Waals surface area contributed by atoms with Crippen LogP contribution in [-0.4, -0.2) is 132 Å². The van der Waals surface area contributed by atoms with Crippen molar-refractivity contribution in [3.05, 3.63) is 149 Å². The molecular weight excluding hydrogens is 1400 g/mol. The van der Waals surface area contributed by atoms with E-state index in [0.29, 0.717) is 59.1 Å². The number of nitrogens with one attached hydrogen (secondary N) is 4. The normalized spacial score (nSPS) is 13.0. The number of carbonyl (C=O) groups is 12. The van der Waals surface area contributed by atoms with E-state index in [1.54, 1.807) is 47.6 Å². The van der Waals surface area contributed by atoms with Crippen LogP contribution in [0.5, 0.6) is 11.5 Å². The molecule has 2 unspecified atom stereocenters. The topological polar surface area (TPSA) is 455 Å². The first-order chi connectivity index (χ1) is 48.9. The summed E-state index contributed by atoms with van der Waals surface area (Å²) in [5, 5.41) is 38.4. The minimum Gasteiger partial charge on any atom is -0.508 e. The van der Waals surface area contributed by atoms with E-state index in [1.165, 1.54) is 46.4 Å². The number of carbonyl (C=O) groups excluding carboxylic acids is 12. The Morgan fingerprint density at radius 3 is 1.18 bits per heavy atom. The van der Waals surface area contributed by atoms with Crippen LogP contribution in [0.3, 0.4) is 0 Å². The third-order valence-corrected chi connectivity index (χ3v) is 15.1. The first kappa shape index (κ1) is 99.3. The molecule has 2 atom stereocenters. The number of urea groups is 4. The molecule has 2 heterocycles. The number of primary amides is 4. The highest BCUT2D eigenvalue weighted by Gasteiger charge is 2.36. The number of hydrogen-bond donors (Lipinski definition) is 11. The Bertz CT molecular complexity index is 3570. The number of benzene rings is 4. The summed E-state index contributed by atoms with van der Waals surface area (Å²) in [7, 11) is 0. The zero-order valence-electron chi connectivity index (χ0n) is 64.5. The van der Waals surface area contributed by atoms with Gasteiger partial charge in [0, 0.05) is 40.8 Å². The second kappa shape index (κ2) is 52.2. The van der Waals surface area contributed by atoms with Gasteiger partial charge in [-0.2, -0.15) is 0 Å². The highest BCUT2D eigenvalue weighted by molar-refractivity contribution is 6.28. The second-order valence-corrected chi connectivity index (χ2v) is 25.1. The number of aliphatic hydroxyl groups is 1. The fourth-order valence-electron chi connectivity index (χ4n) is 10.0. The third-order valence-electron chi connectivity index (χ3n) is 14.5. The van der Waals surface area contributed by atoms with Crippen molar-refractivity contribution >= 4 is 95.3 Å². The van der Waals surface area contributed by atoms with Gasteiger partial charge in [0.2, 0.25) is 0 Å². The number of rotatable bonds is 20. The Kier molecular flexibility index (Phi) is 49.3. The van der Waals surface area contributed by atoms with Gasteiger partial charge in [0.1, 0.15) is 42.7 Å². The van der Waals surface area contributed by atoms with Gasteiger partial charge in [-0.05, 0) is 193 Å². The maximum Gasteiger partial charge on any atom is 0.338 e. The molecule has 0 spiro atoms. The average molecular weight is 1510 g/mol. The Balaban J connectivity index is -0.00000120. The Morgan fingerprint density at radius 2 is 0.829 bits per heavy atom. The zero-order chi connectivity index (χ0) is 81.9. The van der Waals surface area contributed by atoms with Crippen molar-refractivity contribution in [3.63, 3.8) is 0 Å². The Hall–Kier alpha value is -9.86. The molecule has 8 amide bonds. The van der Waals surface area contributed by atoms with Crippen LogP contribution in [0.15, 0.2) is 71.1 Å². The van der Waals surface area contributed by atoms with Gasteiger partial charge in [-0.15, -0.1) is 23.2 Å². The number of aryl methyl sites for hydroxylation is 6. The number of aliphatic hydroxyl groups excluding tert-OH is 1. The summed E-state index contributed by atoms with van der Waals surface area (Å²) in [5.41, 5.74) is 32.4. The molecule has 584 valence electrons. The van der Waals surface area contributed by atoms with E-state index in [1.807, 2.05) is 46.8 Å². The van der Waals surface area contributed by atoms with Crippen molar-refractivity contribution in [2.75, 3.05) is 44.8 Å². The number of ketones is 2. The number of aromatic hydroxyl groups is 2.